The first kappa shape index (κ1) is 17.0. The van der Waals surface area contributed by atoms with E-state index in [0.29, 0.717) is 12.2 Å². The minimum atomic E-state index is -0.730. The fourth-order valence-corrected chi connectivity index (χ4v) is 2.16. The fourth-order valence-electron chi connectivity index (χ4n) is 1.90. The third-order valence-electron chi connectivity index (χ3n) is 3.18. The maximum atomic E-state index is 12.0. The van der Waals surface area contributed by atoms with Crippen LogP contribution in [0.25, 0.3) is 0 Å². The van der Waals surface area contributed by atoms with Gasteiger partial charge < -0.3 is 19.9 Å². The first-order chi connectivity index (χ1) is 10.9. The third kappa shape index (κ3) is 4.32. The molecule has 0 spiro atoms. The van der Waals surface area contributed by atoms with Crippen LogP contribution in [0.2, 0.25) is 0 Å². The molecule has 23 heavy (non-hydrogen) atoms. The monoisotopic (exact) mass is 381 g/mol. The molecule has 7 nitrogen and oxygen atoms in total. The van der Waals surface area contributed by atoms with Gasteiger partial charge in [0.2, 0.25) is 5.88 Å². The average molecular weight is 382 g/mol. The quantitative estimate of drug-likeness (QED) is 0.796. The Hall–Kier alpha value is -2.35. The van der Waals surface area contributed by atoms with Crippen LogP contribution in [0.4, 0.5) is 5.88 Å². The molecule has 0 aliphatic carbocycles. The number of halogens is 1. The molecule has 0 radical (unpaired) electrons. The second-order valence-corrected chi connectivity index (χ2v) is 5.88. The van der Waals surface area contributed by atoms with E-state index in [9.17, 15) is 9.59 Å². The Bertz CT molecular complexity index is 693. The number of hydrogen-bond acceptors (Lipinski definition) is 6. The third-order valence-corrected chi connectivity index (χ3v) is 3.71. The number of aryl methyl sites for hydroxylation is 1. The van der Waals surface area contributed by atoms with E-state index in [2.05, 4.69) is 25.6 Å². The highest BCUT2D eigenvalue weighted by Gasteiger charge is 2.21. The summed E-state index contributed by atoms with van der Waals surface area (Å²) in [7, 11) is 1.64. The molecular formula is C15H16BrN3O4. The van der Waals surface area contributed by atoms with E-state index in [-0.39, 0.29) is 24.0 Å². The Morgan fingerprint density at radius 1 is 1.35 bits per heavy atom. The van der Waals surface area contributed by atoms with Gasteiger partial charge >= 0.3 is 5.97 Å². The van der Waals surface area contributed by atoms with Crippen molar-refractivity contribution >= 4 is 33.7 Å². The number of rotatable bonds is 5. The number of nitrogens with two attached hydrogens (primary N) is 1. The molecule has 1 amide bonds. The summed E-state index contributed by atoms with van der Waals surface area (Å²) in [6.45, 7) is 1.60. The molecule has 2 rings (SSSR count). The molecule has 0 saturated carbocycles. The van der Waals surface area contributed by atoms with Gasteiger partial charge in [-0.25, -0.2) is 4.79 Å². The second-order valence-electron chi connectivity index (χ2n) is 4.96. The van der Waals surface area contributed by atoms with Crippen molar-refractivity contribution in [2.75, 3.05) is 19.4 Å². The van der Waals surface area contributed by atoms with E-state index in [0.717, 1.165) is 10.0 Å². The number of amides is 1. The number of aromatic nitrogens is 1. The van der Waals surface area contributed by atoms with Gasteiger partial charge in [0.15, 0.2) is 6.61 Å². The summed E-state index contributed by atoms with van der Waals surface area (Å²) in [5.74, 6) is -1.18. The fraction of sp³-hybridized carbons (Fsp3) is 0.267. The van der Waals surface area contributed by atoms with Gasteiger partial charge in [0.05, 0.1) is 5.69 Å². The van der Waals surface area contributed by atoms with Crippen molar-refractivity contribution in [1.29, 1.82) is 0 Å². The van der Waals surface area contributed by atoms with E-state index in [4.69, 9.17) is 10.5 Å². The number of nitrogens with zero attached hydrogens (tertiary/aromatic N) is 2. The first-order valence-corrected chi connectivity index (χ1v) is 7.55. The topological polar surface area (TPSA) is 98.7 Å². The van der Waals surface area contributed by atoms with E-state index < -0.39 is 5.97 Å². The molecule has 8 heteroatoms. The molecule has 122 valence electrons. The standard InChI is InChI=1S/C15H16BrN3O4/c1-9-13(14(17)23-18-9)15(21)22-8-12(20)19(2)7-10-3-5-11(16)6-4-10/h3-6H,7-8,17H2,1-2H3. The highest BCUT2D eigenvalue weighted by Crippen LogP contribution is 2.16. The van der Waals surface area contributed by atoms with Gasteiger partial charge in [0.25, 0.3) is 5.91 Å². The van der Waals surface area contributed by atoms with Crippen LogP contribution in [0.3, 0.4) is 0 Å². The van der Waals surface area contributed by atoms with Crippen LogP contribution in [0.5, 0.6) is 0 Å². The molecule has 1 aromatic carbocycles. The van der Waals surface area contributed by atoms with Crippen LogP contribution in [-0.4, -0.2) is 35.6 Å². The summed E-state index contributed by atoms with van der Waals surface area (Å²) < 4.78 is 10.6. The van der Waals surface area contributed by atoms with Gasteiger partial charge in [0, 0.05) is 18.1 Å². The molecule has 0 aliphatic rings. The molecule has 0 fully saturated rings. The molecular weight excluding hydrogens is 366 g/mol. The van der Waals surface area contributed by atoms with Crippen LogP contribution in [0.15, 0.2) is 33.3 Å². The largest absolute Gasteiger partial charge is 0.452 e. The summed E-state index contributed by atoms with van der Waals surface area (Å²) in [4.78, 5) is 25.4. The normalized spacial score (nSPS) is 10.4. The Balaban J connectivity index is 1.89. The molecule has 1 aromatic heterocycles. The highest BCUT2D eigenvalue weighted by atomic mass is 79.9. The van der Waals surface area contributed by atoms with Crippen molar-refractivity contribution in [3.8, 4) is 0 Å². The van der Waals surface area contributed by atoms with Crippen molar-refractivity contribution in [2.24, 2.45) is 0 Å². The number of likely N-dealkylation sites (N-methyl/N-ethyl adjacent to an activating group) is 1. The number of carbonyl (C=O) groups excluding carboxylic acids is 2. The van der Waals surface area contributed by atoms with E-state index >= 15 is 0 Å². The van der Waals surface area contributed by atoms with Crippen molar-refractivity contribution < 1.29 is 18.8 Å². The Kier molecular flexibility index (Phi) is 5.38. The van der Waals surface area contributed by atoms with Gasteiger partial charge in [-0.1, -0.05) is 33.2 Å². The Labute approximate surface area is 141 Å². The Morgan fingerprint density at radius 2 is 2.00 bits per heavy atom. The average Bonchev–Trinajstić information content (AvgIpc) is 2.85. The van der Waals surface area contributed by atoms with Crippen molar-refractivity contribution in [3.05, 3.63) is 45.6 Å². The van der Waals surface area contributed by atoms with Crippen LogP contribution in [-0.2, 0) is 16.1 Å². The van der Waals surface area contributed by atoms with E-state index in [1.807, 2.05) is 24.3 Å². The van der Waals surface area contributed by atoms with Crippen molar-refractivity contribution in [3.63, 3.8) is 0 Å². The number of nitrogen functional groups attached to an aromatic ring is 1. The number of esters is 1. The number of ether oxygens (including phenoxy) is 1. The zero-order valence-corrected chi connectivity index (χ0v) is 14.3. The maximum Gasteiger partial charge on any atom is 0.346 e. The van der Waals surface area contributed by atoms with E-state index in [1.165, 1.54) is 4.90 Å². The summed E-state index contributed by atoms with van der Waals surface area (Å²) in [5, 5.41) is 3.56. The SMILES string of the molecule is Cc1noc(N)c1C(=O)OCC(=O)N(C)Cc1ccc(Br)cc1. The lowest BCUT2D eigenvalue weighted by molar-refractivity contribution is -0.133. The predicted molar refractivity (Wildman–Crippen MR) is 86.6 cm³/mol. The van der Waals surface area contributed by atoms with Crippen LogP contribution < -0.4 is 5.73 Å². The van der Waals surface area contributed by atoms with Gasteiger partial charge in [0.1, 0.15) is 5.56 Å². The first-order valence-electron chi connectivity index (χ1n) is 6.75. The number of anilines is 1. The molecule has 0 aliphatic heterocycles. The van der Waals surface area contributed by atoms with Crippen molar-refractivity contribution in [1.82, 2.24) is 10.1 Å². The number of carbonyl (C=O) groups is 2. The lowest BCUT2D eigenvalue weighted by Crippen LogP contribution is -2.30. The molecule has 0 saturated heterocycles. The highest BCUT2D eigenvalue weighted by molar-refractivity contribution is 9.10. The minimum absolute atomic E-state index is 0.0494. The lowest BCUT2D eigenvalue weighted by Gasteiger charge is -2.17. The molecule has 0 atom stereocenters. The summed E-state index contributed by atoms with van der Waals surface area (Å²) in [6.07, 6.45) is 0. The zero-order valence-electron chi connectivity index (χ0n) is 12.7. The zero-order chi connectivity index (χ0) is 17.0. The van der Waals surface area contributed by atoms with Gasteiger partial charge in [-0.05, 0) is 24.6 Å². The smallest absolute Gasteiger partial charge is 0.346 e. The van der Waals surface area contributed by atoms with Crippen LogP contribution in [0.1, 0.15) is 21.6 Å². The molecule has 2 N–H and O–H groups in total. The Morgan fingerprint density at radius 3 is 2.57 bits per heavy atom. The number of benzene rings is 1. The molecule has 0 unspecified atom stereocenters. The lowest BCUT2D eigenvalue weighted by atomic mass is 10.2. The summed E-state index contributed by atoms with van der Waals surface area (Å²) in [6, 6.07) is 7.60. The molecule has 0 bridgehead atoms. The van der Waals surface area contributed by atoms with Gasteiger partial charge in [-0.15, -0.1) is 0 Å². The second kappa shape index (κ2) is 7.28. The van der Waals surface area contributed by atoms with Gasteiger partial charge in [-0.2, -0.15) is 0 Å². The van der Waals surface area contributed by atoms with Crippen LogP contribution >= 0.6 is 15.9 Å². The molecule has 1 heterocycles. The maximum absolute atomic E-state index is 12.0. The summed E-state index contributed by atoms with van der Waals surface area (Å²) in [5.41, 5.74) is 6.83. The predicted octanol–water partition coefficient (Wildman–Crippen LogP) is 2.14. The van der Waals surface area contributed by atoms with Crippen LogP contribution in [0, 0.1) is 6.92 Å². The van der Waals surface area contributed by atoms with Gasteiger partial charge in [-0.3, -0.25) is 4.79 Å². The summed E-state index contributed by atoms with van der Waals surface area (Å²) >= 11 is 3.35. The number of hydrogen-bond donors (Lipinski definition) is 1. The molecule has 2 aromatic rings. The minimum Gasteiger partial charge on any atom is -0.452 e. The van der Waals surface area contributed by atoms with E-state index in [1.54, 1.807) is 14.0 Å². The van der Waals surface area contributed by atoms with Crippen molar-refractivity contribution in [2.45, 2.75) is 13.5 Å².